The summed E-state index contributed by atoms with van der Waals surface area (Å²) in [6, 6.07) is 8.49. The van der Waals surface area contributed by atoms with Crippen LogP contribution in [0.3, 0.4) is 0 Å². The predicted octanol–water partition coefficient (Wildman–Crippen LogP) is 6.91. The molecule has 0 spiro atoms. The van der Waals surface area contributed by atoms with Crippen molar-refractivity contribution in [1.82, 2.24) is 9.55 Å². The van der Waals surface area contributed by atoms with E-state index in [0.717, 1.165) is 18.6 Å². The minimum atomic E-state index is -4.41. The van der Waals surface area contributed by atoms with Gasteiger partial charge in [-0.1, -0.05) is 30.1 Å². The van der Waals surface area contributed by atoms with Crippen LogP contribution in [-0.2, 0) is 12.8 Å². The molecule has 0 aliphatic carbocycles. The zero-order valence-electron chi connectivity index (χ0n) is 14.6. The smallest absolute Gasteiger partial charge is 0.416 e. The first-order valence-electron chi connectivity index (χ1n) is 8.36. The van der Waals surface area contributed by atoms with Gasteiger partial charge in [-0.15, -0.1) is 0 Å². The molecule has 0 N–H and O–H groups in total. The van der Waals surface area contributed by atoms with Gasteiger partial charge in [-0.3, -0.25) is 0 Å². The Morgan fingerprint density at radius 1 is 1.15 bits per heavy atom. The number of hydrogen-bond donors (Lipinski definition) is 0. The normalized spacial score (nSPS) is 13.1. The third kappa shape index (κ3) is 4.17. The van der Waals surface area contributed by atoms with Crippen LogP contribution < -0.4 is 4.74 Å². The summed E-state index contributed by atoms with van der Waals surface area (Å²) in [4.78, 5) is 4.39. The third-order valence-corrected chi connectivity index (χ3v) is 4.90. The lowest BCUT2D eigenvalue weighted by atomic mass is 10.2. The van der Waals surface area contributed by atoms with E-state index in [9.17, 15) is 13.2 Å². The minimum Gasteiger partial charge on any atom is -0.484 e. The molecule has 0 bridgehead atoms. The summed E-state index contributed by atoms with van der Waals surface area (Å²) >= 11 is 12.0. The summed E-state index contributed by atoms with van der Waals surface area (Å²) in [7, 11) is 0. The molecule has 2 aromatic carbocycles. The molecule has 144 valence electrons. The van der Waals surface area contributed by atoms with Crippen molar-refractivity contribution < 1.29 is 17.9 Å². The standard InChI is InChI=1S/C19H17Cl2F3N2O/c1-3-11(2)26-16-6-4-12(19(22,23)24)8-15(16)25-18(26)10-27-17-7-5-13(20)9-14(17)21/h4-9,11H,3,10H2,1-2H3. The molecule has 3 rings (SSSR count). The number of benzene rings is 2. The second-order valence-corrected chi connectivity index (χ2v) is 7.06. The van der Waals surface area contributed by atoms with Gasteiger partial charge in [0.2, 0.25) is 0 Å². The molecule has 0 radical (unpaired) electrons. The van der Waals surface area contributed by atoms with Crippen molar-refractivity contribution in [2.75, 3.05) is 0 Å². The summed E-state index contributed by atoms with van der Waals surface area (Å²) in [5, 5.41) is 0.840. The average Bonchev–Trinajstić information content (AvgIpc) is 2.97. The second-order valence-electron chi connectivity index (χ2n) is 6.22. The maximum atomic E-state index is 13.0. The highest BCUT2D eigenvalue weighted by Crippen LogP contribution is 2.33. The van der Waals surface area contributed by atoms with Crippen LogP contribution in [0, 0.1) is 0 Å². The Kier molecular flexibility index (Phi) is 5.58. The summed E-state index contributed by atoms with van der Waals surface area (Å²) in [6.45, 7) is 4.06. The molecule has 0 saturated carbocycles. The first kappa shape index (κ1) is 19.8. The summed E-state index contributed by atoms with van der Waals surface area (Å²) in [5.74, 6) is 0.962. The molecular formula is C19H17Cl2F3N2O. The van der Waals surface area contributed by atoms with Crippen LogP contribution in [-0.4, -0.2) is 9.55 Å². The highest BCUT2D eigenvalue weighted by molar-refractivity contribution is 6.35. The van der Waals surface area contributed by atoms with Crippen molar-refractivity contribution in [2.45, 2.75) is 39.1 Å². The lowest BCUT2D eigenvalue weighted by Crippen LogP contribution is -2.11. The molecule has 8 heteroatoms. The van der Waals surface area contributed by atoms with Gasteiger partial charge in [0.05, 0.1) is 21.6 Å². The van der Waals surface area contributed by atoms with Gasteiger partial charge in [0.1, 0.15) is 18.2 Å². The van der Waals surface area contributed by atoms with E-state index in [0.29, 0.717) is 27.1 Å². The van der Waals surface area contributed by atoms with Gasteiger partial charge in [0, 0.05) is 11.1 Å². The van der Waals surface area contributed by atoms with Gasteiger partial charge in [-0.25, -0.2) is 4.98 Å². The molecule has 1 heterocycles. The van der Waals surface area contributed by atoms with Gasteiger partial charge in [-0.2, -0.15) is 13.2 Å². The largest absolute Gasteiger partial charge is 0.484 e. The van der Waals surface area contributed by atoms with Crippen LogP contribution in [0.4, 0.5) is 13.2 Å². The highest BCUT2D eigenvalue weighted by Gasteiger charge is 2.31. The molecule has 1 atom stereocenters. The van der Waals surface area contributed by atoms with Gasteiger partial charge in [0.15, 0.2) is 0 Å². The van der Waals surface area contributed by atoms with Gasteiger partial charge in [0.25, 0.3) is 0 Å². The Bertz CT molecular complexity index is 969. The second kappa shape index (κ2) is 7.60. The van der Waals surface area contributed by atoms with Gasteiger partial charge in [-0.05, 0) is 49.7 Å². The maximum Gasteiger partial charge on any atom is 0.416 e. The number of rotatable bonds is 5. The number of ether oxygens (including phenoxy) is 1. The SMILES string of the molecule is CCC(C)n1c(COc2ccc(Cl)cc2Cl)nc2cc(C(F)(F)F)ccc21. The lowest BCUT2D eigenvalue weighted by Gasteiger charge is -2.16. The quantitative estimate of drug-likeness (QED) is 0.451. The number of nitrogens with zero attached hydrogens (tertiary/aromatic N) is 2. The highest BCUT2D eigenvalue weighted by atomic mass is 35.5. The maximum absolute atomic E-state index is 13.0. The average molecular weight is 417 g/mol. The van der Waals surface area contributed by atoms with Crippen molar-refractivity contribution in [3.05, 3.63) is 57.8 Å². The van der Waals surface area contributed by atoms with E-state index >= 15 is 0 Å². The third-order valence-electron chi connectivity index (χ3n) is 4.37. The van der Waals surface area contributed by atoms with Crippen molar-refractivity contribution in [3.63, 3.8) is 0 Å². The number of imidazole rings is 1. The molecule has 0 aliphatic heterocycles. The van der Waals surface area contributed by atoms with E-state index in [4.69, 9.17) is 27.9 Å². The van der Waals surface area contributed by atoms with Crippen LogP contribution in [0.5, 0.6) is 5.75 Å². The first-order valence-corrected chi connectivity index (χ1v) is 9.12. The molecule has 0 amide bonds. The zero-order valence-corrected chi connectivity index (χ0v) is 16.2. The Morgan fingerprint density at radius 3 is 2.52 bits per heavy atom. The van der Waals surface area contributed by atoms with E-state index in [1.54, 1.807) is 18.2 Å². The molecule has 3 nitrogen and oxygen atoms in total. The summed E-state index contributed by atoms with van der Waals surface area (Å²) in [5.41, 5.74) is 0.195. The van der Waals surface area contributed by atoms with Crippen molar-refractivity contribution in [3.8, 4) is 5.75 Å². The van der Waals surface area contributed by atoms with Crippen LogP contribution in [0.15, 0.2) is 36.4 Å². The topological polar surface area (TPSA) is 27.1 Å². The van der Waals surface area contributed by atoms with Crippen LogP contribution in [0.25, 0.3) is 11.0 Å². The predicted molar refractivity (Wildman–Crippen MR) is 101 cm³/mol. The fraction of sp³-hybridized carbons (Fsp3) is 0.316. The molecule has 0 fully saturated rings. The van der Waals surface area contributed by atoms with Crippen molar-refractivity contribution in [1.29, 1.82) is 0 Å². The number of aromatic nitrogens is 2. The monoisotopic (exact) mass is 416 g/mol. The molecule has 0 aliphatic rings. The molecular weight excluding hydrogens is 400 g/mol. The van der Waals surface area contributed by atoms with Crippen molar-refractivity contribution in [2.24, 2.45) is 0 Å². The van der Waals surface area contributed by atoms with Crippen molar-refractivity contribution >= 4 is 34.2 Å². The number of hydrogen-bond acceptors (Lipinski definition) is 2. The molecule has 27 heavy (non-hydrogen) atoms. The Morgan fingerprint density at radius 2 is 1.89 bits per heavy atom. The van der Waals surface area contributed by atoms with E-state index < -0.39 is 11.7 Å². The summed E-state index contributed by atoms with van der Waals surface area (Å²) < 4.78 is 46.7. The van der Waals surface area contributed by atoms with Crippen LogP contribution in [0.1, 0.15) is 37.7 Å². The molecule has 0 saturated heterocycles. The molecule has 3 aromatic rings. The first-order chi connectivity index (χ1) is 12.7. The Labute approximate surface area is 164 Å². The van der Waals surface area contributed by atoms with E-state index in [1.807, 2.05) is 18.4 Å². The van der Waals surface area contributed by atoms with E-state index in [-0.39, 0.29) is 18.2 Å². The fourth-order valence-electron chi connectivity index (χ4n) is 2.84. The van der Waals surface area contributed by atoms with E-state index in [1.165, 1.54) is 6.07 Å². The molecule has 1 unspecified atom stereocenters. The minimum absolute atomic E-state index is 0.0472. The molecule has 1 aromatic heterocycles. The van der Waals surface area contributed by atoms with Gasteiger partial charge < -0.3 is 9.30 Å². The van der Waals surface area contributed by atoms with E-state index in [2.05, 4.69) is 4.98 Å². The number of alkyl halides is 3. The zero-order chi connectivity index (χ0) is 19.8. The number of fused-ring (bicyclic) bond motifs is 1. The van der Waals surface area contributed by atoms with Crippen LogP contribution in [0.2, 0.25) is 10.0 Å². The summed E-state index contributed by atoms with van der Waals surface area (Å²) in [6.07, 6.45) is -3.62. The fourth-order valence-corrected chi connectivity index (χ4v) is 3.30. The lowest BCUT2D eigenvalue weighted by molar-refractivity contribution is -0.137. The Balaban J connectivity index is 1.99. The Hall–Kier alpha value is -1.92. The van der Waals surface area contributed by atoms with Gasteiger partial charge >= 0.3 is 6.18 Å². The number of halogens is 5. The van der Waals surface area contributed by atoms with Crippen LogP contribution >= 0.6 is 23.2 Å².